The fourth-order valence-electron chi connectivity index (χ4n) is 0.992. The van der Waals surface area contributed by atoms with Crippen molar-refractivity contribution in [1.29, 1.82) is 0 Å². The summed E-state index contributed by atoms with van der Waals surface area (Å²) < 4.78 is 4.70. The molecule has 2 N–H and O–H groups in total. The Hall–Kier alpha value is -2.21. The van der Waals surface area contributed by atoms with Gasteiger partial charge >= 0.3 is 5.97 Å². The van der Waals surface area contributed by atoms with Gasteiger partial charge in [-0.2, -0.15) is 0 Å². The van der Waals surface area contributed by atoms with Crippen LogP contribution in [0.4, 0.5) is 5.69 Å². The number of hydrogen-bond donors (Lipinski definition) is 1. The van der Waals surface area contributed by atoms with Crippen LogP contribution in [0, 0.1) is 11.8 Å². The molecule has 1 aromatic carbocycles. The van der Waals surface area contributed by atoms with Gasteiger partial charge in [0, 0.05) is 17.3 Å². The number of allylic oxidation sites excluding steroid dienone is 1. The third-order valence-electron chi connectivity index (χ3n) is 1.72. The topological polar surface area (TPSA) is 52.3 Å². The molecule has 1 aromatic rings. The van der Waals surface area contributed by atoms with E-state index < -0.39 is 0 Å². The molecule has 1 rings (SSSR count). The van der Waals surface area contributed by atoms with E-state index in [2.05, 4.69) is 11.8 Å². The molecule has 16 heavy (non-hydrogen) atoms. The van der Waals surface area contributed by atoms with Crippen LogP contribution in [-0.2, 0) is 9.53 Å². The summed E-state index contributed by atoms with van der Waals surface area (Å²) in [6.07, 6.45) is 2.77. The van der Waals surface area contributed by atoms with Gasteiger partial charge in [0.1, 0.15) is 0 Å². The SMILES string of the molecule is CCOC(=O)/C=C\C#Cc1ccc(N)cc1. The Morgan fingerprint density at radius 3 is 2.75 bits per heavy atom. The van der Waals surface area contributed by atoms with Crippen LogP contribution in [0.25, 0.3) is 0 Å². The predicted octanol–water partition coefficient (Wildman–Crippen LogP) is 1.74. The van der Waals surface area contributed by atoms with Gasteiger partial charge in [0.25, 0.3) is 0 Å². The van der Waals surface area contributed by atoms with Crippen molar-refractivity contribution in [2.75, 3.05) is 12.3 Å². The average molecular weight is 215 g/mol. The van der Waals surface area contributed by atoms with E-state index in [0.29, 0.717) is 12.3 Å². The molecular weight excluding hydrogens is 202 g/mol. The average Bonchev–Trinajstić information content (AvgIpc) is 2.27. The minimum atomic E-state index is -0.380. The summed E-state index contributed by atoms with van der Waals surface area (Å²) in [6, 6.07) is 7.19. The summed E-state index contributed by atoms with van der Waals surface area (Å²) in [4.78, 5) is 10.9. The zero-order valence-electron chi connectivity index (χ0n) is 9.07. The fourth-order valence-corrected chi connectivity index (χ4v) is 0.992. The van der Waals surface area contributed by atoms with Crippen molar-refractivity contribution in [2.24, 2.45) is 0 Å². The third kappa shape index (κ3) is 4.34. The highest BCUT2D eigenvalue weighted by atomic mass is 16.5. The van der Waals surface area contributed by atoms with Gasteiger partial charge in [-0.3, -0.25) is 0 Å². The van der Waals surface area contributed by atoms with Gasteiger partial charge < -0.3 is 10.5 Å². The lowest BCUT2D eigenvalue weighted by Crippen LogP contribution is -1.98. The van der Waals surface area contributed by atoms with Crippen molar-refractivity contribution in [1.82, 2.24) is 0 Å². The second-order valence-corrected chi connectivity index (χ2v) is 2.98. The number of carbonyl (C=O) groups excluding carboxylic acids is 1. The van der Waals surface area contributed by atoms with E-state index >= 15 is 0 Å². The Labute approximate surface area is 94.9 Å². The monoisotopic (exact) mass is 215 g/mol. The number of anilines is 1. The summed E-state index contributed by atoms with van der Waals surface area (Å²) in [5.74, 6) is 5.23. The highest BCUT2D eigenvalue weighted by molar-refractivity contribution is 5.82. The molecule has 0 saturated carbocycles. The number of rotatable bonds is 2. The van der Waals surface area contributed by atoms with Crippen molar-refractivity contribution in [3.05, 3.63) is 42.0 Å². The highest BCUT2D eigenvalue weighted by Gasteiger charge is 1.90. The molecule has 82 valence electrons. The van der Waals surface area contributed by atoms with Crippen LogP contribution in [0.2, 0.25) is 0 Å². The first-order chi connectivity index (χ1) is 7.72. The Kier molecular flexibility index (Phi) is 4.68. The molecule has 0 heterocycles. The van der Waals surface area contributed by atoms with Crippen LogP contribution in [0.15, 0.2) is 36.4 Å². The molecule has 0 spiro atoms. The van der Waals surface area contributed by atoms with Crippen LogP contribution in [0.5, 0.6) is 0 Å². The first-order valence-corrected chi connectivity index (χ1v) is 4.92. The molecule has 0 aliphatic rings. The Bertz CT molecular complexity index is 435. The Morgan fingerprint density at radius 2 is 2.12 bits per heavy atom. The maximum absolute atomic E-state index is 10.9. The van der Waals surface area contributed by atoms with E-state index in [1.165, 1.54) is 12.2 Å². The third-order valence-corrected chi connectivity index (χ3v) is 1.72. The number of hydrogen-bond acceptors (Lipinski definition) is 3. The highest BCUT2D eigenvalue weighted by Crippen LogP contribution is 2.03. The number of nitrogens with two attached hydrogens (primary N) is 1. The lowest BCUT2D eigenvalue weighted by Gasteiger charge is -1.92. The van der Waals surface area contributed by atoms with Crippen molar-refractivity contribution >= 4 is 11.7 Å². The van der Waals surface area contributed by atoms with E-state index in [9.17, 15) is 4.79 Å². The molecule has 0 aliphatic heterocycles. The molecule has 0 saturated heterocycles. The molecule has 0 atom stereocenters. The molecule has 0 radical (unpaired) electrons. The second-order valence-electron chi connectivity index (χ2n) is 2.98. The maximum atomic E-state index is 10.9. The van der Waals surface area contributed by atoms with Gasteiger partial charge in [-0.15, -0.1) is 0 Å². The molecule has 3 heteroatoms. The van der Waals surface area contributed by atoms with Crippen LogP contribution in [-0.4, -0.2) is 12.6 Å². The second kappa shape index (κ2) is 6.31. The van der Waals surface area contributed by atoms with Crippen LogP contribution >= 0.6 is 0 Å². The molecule has 0 fully saturated rings. The summed E-state index contributed by atoms with van der Waals surface area (Å²) in [7, 11) is 0. The molecule has 3 nitrogen and oxygen atoms in total. The van der Waals surface area contributed by atoms with E-state index in [0.717, 1.165) is 5.56 Å². The lowest BCUT2D eigenvalue weighted by atomic mass is 10.2. The van der Waals surface area contributed by atoms with Crippen molar-refractivity contribution in [3.8, 4) is 11.8 Å². The smallest absolute Gasteiger partial charge is 0.331 e. The van der Waals surface area contributed by atoms with Gasteiger partial charge in [-0.1, -0.05) is 11.8 Å². The van der Waals surface area contributed by atoms with Gasteiger partial charge in [-0.25, -0.2) is 4.79 Å². The summed E-state index contributed by atoms with van der Waals surface area (Å²) in [5, 5.41) is 0. The zero-order chi connectivity index (χ0) is 11.8. The van der Waals surface area contributed by atoms with Crippen LogP contribution in [0.1, 0.15) is 12.5 Å². The molecule has 0 aliphatic carbocycles. The van der Waals surface area contributed by atoms with Gasteiger partial charge in [-0.05, 0) is 37.3 Å². The predicted molar refractivity (Wildman–Crippen MR) is 63.5 cm³/mol. The van der Waals surface area contributed by atoms with Crippen LogP contribution in [0.3, 0.4) is 0 Å². The minimum Gasteiger partial charge on any atom is -0.463 e. The van der Waals surface area contributed by atoms with Crippen molar-refractivity contribution in [2.45, 2.75) is 6.92 Å². The maximum Gasteiger partial charge on any atom is 0.331 e. The van der Waals surface area contributed by atoms with Gasteiger partial charge in [0.15, 0.2) is 0 Å². The van der Waals surface area contributed by atoms with E-state index in [-0.39, 0.29) is 5.97 Å². The van der Waals surface area contributed by atoms with Crippen molar-refractivity contribution in [3.63, 3.8) is 0 Å². The quantitative estimate of drug-likeness (QED) is 0.354. The van der Waals surface area contributed by atoms with Gasteiger partial charge in [0.05, 0.1) is 6.61 Å². The molecule has 0 aromatic heterocycles. The van der Waals surface area contributed by atoms with E-state index in [1.54, 1.807) is 19.1 Å². The Morgan fingerprint density at radius 1 is 1.44 bits per heavy atom. The van der Waals surface area contributed by atoms with Gasteiger partial charge in [0.2, 0.25) is 0 Å². The Balaban J connectivity index is 2.55. The number of nitrogen functional groups attached to an aromatic ring is 1. The summed E-state index contributed by atoms with van der Waals surface area (Å²) in [5.41, 5.74) is 7.08. The minimum absolute atomic E-state index is 0.370. The largest absolute Gasteiger partial charge is 0.463 e. The molecule has 0 amide bonds. The first-order valence-electron chi connectivity index (χ1n) is 4.92. The number of esters is 1. The first kappa shape index (κ1) is 11.9. The fraction of sp³-hybridized carbons (Fsp3) is 0.154. The van der Waals surface area contributed by atoms with E-state index in [4.69, 9.17) is 10.5 Å². The standard InChI is InChI=1S/C13H13NO2/c1-2-16-13(15)6-4-3-5-11-7-9-12(14)10-8-11/h4,6-10H,2,14H2,1H3/b6-4-. The van der Waals surface area contributed by atoms with E-state index in [1.807, 2.05) is 12.1 Å². The number of carbonyl (C=O) groups is 1. The lowest BCUT2D eigenvalue weighted by molar-refractivity contribution is -0.137. The van der Waals surface area contributed by atoms with Crippen LogP contribution < -0.4 is 5.73 Å². The summed E-state index contributed by atoms with van der Waals surface area (Å²) in [6.45, 7) is 2.13. The summed E-state index contributed by atoms with van der Waals surface area (Å²) >= 11 is 0. The normalized spacial score (nSPS) is 9.56. The zero-order valence-corrected chi connectivity index (χ0v) is 9.07. The molecule has 0 bridgehead atoms. The molecular formula is C13H13NO2. The number of ether oxygens (including phenoxy) is 1. The molecule has 0 unspecified atom stereocenters. The number of benzene rings is 1. The van der Waals surface area contributed by atoms with Crippen molar-refractivity contribution < 1.29 is 9.53 Å².